The van der Waals surface area contributed by atoms with Gasteiger partial charge in [-0.15, -0.1) is 0 Å². The van der Waals surface area contributed by atoms with E-state index < -0.39 is 11.8 Å². The van der Waals surface area contributed by atoms with E-state index in [0.717, 1.165) is 23.1 Å². The molecule has 4 heteroatoms. The zero-order valence-electron chi connectivity index (χ0n) is 15.6. The molecule has 2 aromatic rings. The number of nitrogens with one attached hydrogen (secondary N) is 2. The lowest BCUT2D eigenvalue weighted by atomic mass is 9.86. The van der Waals surface area contributed by atoms with Gasteiger partial charge in [-0.25, -0.2) is 0 Å². The minimum atomic E-state index is -0.667. The summed E-state index contributed by atoms with van der Waals surface area (Å²) in [4.78, 5) is 24.6. The van der Waals surface area contributed by atoms with Crippen LogP contribution >= 0.6 is 0 Å². The van der Waals surface area contributed by atoms with Gasteiger partial charge in [0.1, 0.15) is 0 Å². The van der Waals surface area contributed by atoms with Gasteiger partial charge in [0.05, 0.1) is 0 Å². The van der Waals surface area contributed by atoms with Crippen molar-refractivity contribution in [3.05, 3.63) is 59.2 Å². The summed E-state index contributed by atoms with van der Waals surface area (Å²) in [7, 11) is 0. The van der Waals surface area contributed by atoms with Crippen LogP contribution in [0.1, 0.15) is 44.4 Å². The Kier molecular flexibility index (Phi) is 5.62. The highest BCUT2D eigenvalue weighted by atomic mass is 16.2. The second-order valence-electron chi connectivity index (χ2n) is 7.20. The van der Waals surface area contributed by atoms with Crippen molar-refractivity contribution in [1.29, 1.82) is 0 Å². The van der Waals surface area contributed by atoms with Crippen LogP contribution in [0.2, 0.25) is 0 Å². The molecule has 0 aliphatic heterocycles. The van der Waals surface area contributed by atoms with Crippen LogP contribution in [0.25, 0.3) is 0 Å². The smallest absolute Gasteiger partial charge is 0.314 e. The molecular formula is C21H26N2O2. The van der Waals surface area contributed by atoms with Crippen molar-refractivity contribution in [2.75, 3.05) is 10.6 Å². The monoisotopic (exact) mass is 338 g/mol. The molecule has 0 fully saturated rings. The number of anilines is 2. The zero-order chi connectivity index (χ0) is 18.6. The number of carbonyl (C=O) groups is 2. The lowest BCUT2D eigenvalue weighted by Gasteiger charge is -2.21. The molecule has 0 unspecified atom stereocenters. The second kappa shape index (κ2) is 7.51. The maximum atomic E-state index is 12.3. The molecule has 2 amide bonds. The fourth-order valence-corrected chi connectivity index (χ4v) is 2.53. The fraction of sp³-hybridized carbons (Fsp3) is 0.333. The van der Waals surface area contributed by atoms with E-state index in [0.29, 0.717) is 11.4 Å². The molecule has 2 N–H and O–H groups in total. The standard InChI is InChI=1S/C21H26N2O2/c1-6-15-9-7-8-10-17(15)22-19(24)20(25)23-18-13-16(21(3,4)5)12-11-14(18)2/h7-13H,6H2,1-5H3,(H,22,24)(H,23,25). The van der Waals surface area contributed by atoms with E-state index in [1.54, 1.807) is 6.07 Å². The number of hydrogen-bond acceptors (Lipinski definition) is 2. The third kappa shape index (κ3) is 4.69. The molecule has 0 spiro atoms. The van der Waals surface area contributed by atoms with Crippen molar-refractivity contribution in [2.45, 2.75) is 46.5 Å². The predicted octanol–water partition coefficient (Wildman–Crippen LogP) is 4.43. The Hall–Kier alpha value is -2.62. The van der Waals surface area contributed by atoms with Gasteiger partial charge in [0.2, 0.25) is 0 Å². The van der Waals surface area contributed by atoms with E-state index in [1.807, 2.05) is 50.2 Å². The van der Waals surface area contributed by atoms with Gasteiger partial charge in [-0.1, -0.05) is 58.0 Å². The summed E-state index contributed by atoms with van der Waals surface area (Å²) in [6, 6.07) is 13.4. The van der Waals surface area contributed by atoms with Gasteiger partial charge in [-0.2, -0.15) is 0 Å². The molecule has 2 rings (SSSR count). The van der Waals surface area contributed by atoms with Gasteiger partial charge >= 0.3 is 11.8 Å². The fourth-order valence-electron chi connectivity index (χ4n) is 2.53. The molecular weight excluding hydrogens is 312 g/mol. The van der Waals surface area contributed by atoms with Crippen LogP contribution in [-0.4, -0.2) is 11.8 Å². The summed E-state index contributed by atoms with van der Waals surface area (Å²) in [5.74, 6) is -1.33. The first-order chi connectivity index (χ1) is 11.7. The first-order valence-corrected chi connectivity index (χ1v) is 8.53. The van der Waals surface area contributed by atoms with Gasteiger partial charge in [0.15, 0.2) is 0 Å². The maximum absolute atomic E-state index is 12.3. The van der Waals surface area contributed by atoms with E-state index in [1.165, 1.54) is 0 Å². The van der Waals surface area contributed by atoms with Crippen LogP contribution in [0, 0.1) is 6.92 Å². The number of carbonyl (C=O) groups excluding carboxylic acids is 2. The van der Waals surface area contributed by atoms with Gasteiger partial charge in [-0.3, -0.25) is 9.59 Å². The van der Waals surface area contributed by atoms with Crippen molar-refractivity contribution >= 4 is 23.2 Å². The van der Waals surface area contributed by atoms with Crippen molar-refractivity contribution in [3.8, 4) is 0 Å². The molecule has 0 saturated heterocycles. The van der Waals surface area contributed by atoms with E-state index in [-0.39, 0.29) is 5.41 Å². The van der Waals surface area contributed by atoms with Crippen LogP contribution in [-0.2, 0) is 21.4 Å². The number of benzene rings is 2. The first kappa shape index (κ1) is 18.7. The second-order valence-corrected chi connectivity index (χ2v) is 7.20. The molecule has 4 nitrogen and oxygen atoms in total. The Balaban J connectivity index is 2.15. The Morgan fingerprint density at radius 1 is 0.920 bits per heavy atom. The number of amides is 2. The molecule has 0 saturated carbocycles. The highest BCUT2D eigenvalue weighted by Crippen LogP contribution is 2.27. The van der Waals surface area contributed by atoms with Gasteiger partial charge < -0.3 is 10.6 Å². The average Bonchev–Trinajstić information content (AvgIpc) is 2.56. The van der Waals surface area contributed by atoms with Crippen LogP contribution in [0.3, 0.4) is 0 Å². The number of para-hydroxylation sites is 1. The highest BCUT2D eigenvalue weighted by molar-refractivity contribution is 6.43. The SMILES string of the molecule is CCc1ccccc1NC(=O)C(=O)Nc1cc(C(C)(C)C)ccc1C. The lowest BCUT2D eigenvalue weighted by molar-refractivity contribution is -0.133. The summed E-state index contributed by atoms with van der Waals surface area (Å²) < 4.78 is 0. The third-order valence-electron chi connectivity index (χ3n) is 4.20. The minimum absolute atomic E-state index is 0.0322. The van der Waals surface area contributed by atoms with E-state index in [9.17, 15) is 9.59 Å². The normalized spacial score (nSPS) is 11.1. The summed E-state index contributed by atoms with van der Waals surface area (Å²) in [5, 5.41) is 5.42. The maximum Gasteiger partial charge on any atom is 0.314 e. The number of rotatable bonds is 3. The van der Waals surface area contributed by atoms with Crippen molar-refractivity contribution < 1.29 is 9.59 Å². The molecule has 0 aliphatic carbocycles. The Morgan fingerprint density at radius 2 is 1.52 bits per heavy atom. The molecule has 0 heterocycles. The Bertz CT molecular complexity index is 789. The number of hydrogen-bond donors (Lipinski definition) is 2. The molecule has 0 bridgehead atoms. The molecule has 0 aliphatic rings. The van der Waals surface area contributed by atoms with Crippen LogP contribution in [0.5, 0.6) is 0 Å². The van der Waals surface area contributed by atoms with E-state index >= 15 is 0 Å². The predicted molar refractivity (Wildman–Crippen MR) is 103 cm³/mol. The number of aryl methyl sites for hydroxylation is 2. The minimum Gasteiger partial charge on any atom is -0.318 e. The molecule has 25 heavy (non-hydrogen) atoms. The summed E-state index contributed by atoms with van der Waals surface area (Å²) in [5.41, 5.74) is 4.32. The summed E-state index contributed by atoms with van der Waals surface area (Å²) in [6.07, 6.45) is 0.783. The Morgan fingerprint density at radius 3 is 2.12 bits per heavy atom. The van der Waals surface area contributed by atoms with Crippen molar-refractivity contribution in [2.24, 2.45) is 0 Å². The van der Waals surface area contributed by atoms with Gasteiger partial charge in [0.25, 0.3) is 0 Å². The third-order valence-corrected chi connectivity index (χ3v) is 4.20. The topological polar surface area (TPSA) is 58.2 Å². The van der Waals surface area contributed by atoms with E-state index in [4.69, 9.17) is 0 Å². The molecule has 0 aromatic heterocycles. The summed E-state index contributed by atoms with van der Waals surface area (Å²) >= 11 is 0. The molecule has 2 aromatic carbocycles. The average molecular weight is 338 g/mol. The van der Waals surface area contributed by atoms with Gasteiger partial charge in [-0.05, 0) is 47.6 Å². The molecule has 0 radical (unpaired) electrons. The highest BCUT2D eigenvalue weighted by Gasteiger charge is 2.19. The van der Waals surface area contributed by atoms with Crippen LogP contribution in [0.15, 0.2) is 42.5 Å². The summed E-state index contributed by atoms with van der Waals surface area (Å²) in [6.45, 7) is 10.2. The first-order valence-electron chi connectivity index (χ1n) is 8.53. The van der Waals surface area contributed by atoms with E-state index in [2.05, 4.69) is 31.4 Å². The van der Waals surface area contributed by atoms with Crippen molar-refractivity contribution in [1.82, 2.24) is 0 Å². The van der Waals surface area contributed by atoms with Crippen LogP contribution < -0.4 is 10.6 Å². The zero-order valence-corrected chi connectivity index (χ0v) is 15.6. The molecule has 132 valence electrons. The quantitative estimate of drug-likeness (QED) is 0.813. The largest absolute Gasteiger partial charge is 0.318 e. The lowest BCUT2D eigenvalue weighted by Crippen LogP contribution is -2.29. The van der Waals surface area contributed by atoms with Gasteiger partial charge in [0, 0.05) is 11.4 Å². The van der Waals surface area contributed by atoms with Crippen LogP contribution in [0.4, 0.5) is 11.4 Å². The molecule has 0 atom stereocenters. The van der Waals surface area contributed by atoms with Crippen molar-refractivity contribution in [3.63, 3.8) is 0 Å². The Labute approximate surface area is 149 Å².